The maximum absolute atomic E-state index is 12.1. The van der Waals surface area contributed by atoms with Gasteiger partial charge in [0.1, 0.15) is 11.5 Å². The number of unbranched alkanes of at least 4 members (excludes halogenated alkanes) is 1. The first-order chi connectivity index (χ1) is 12.6. The van der Waals surface area contributed by atoms with Crippen LogP contribution in [0.3, 0.4) is 0 Å². The number of carbonyl (C=O) groups excluding carboxylic acids is 1. The highest BCUT2D eigenvalue weighted by Gasteiger charge is 2.06. The summed E-state index contributed by atoms with van der Waals surface area (Å²) in [7, 11) is 0. The number of ether oxygens (including phenoxy) is 2. The third-order valence-electron chi connectivity index (χ3n) is 3.58. The largest absolute Gasteiger partial charge is 0.494 e. The Morgan fingerprint density at radius 1 is 1.04 bits per heavy atom. The quantitative estimate of drug-likeness (QED) is 0.504. The van der Waals surface area contributed by atoms with Crippen LogP contribution in [0, 0.1) is 0 Å². The molecule has 0 saturated carbocycles. The Kier molecular flexibility index (Phi) is 8.59. The van der Waals surface area contributed by atoms with Gasteiger partial charge in [0.05, 0.1) is 18.2 Å². The molecule has 1 amide bonds. The number of amides is 1. The van der Waals surface area contributed by atoms with Gasteiger partial charge in [0.15, 0.2) is 0 Å². The van der Waals surface area contributed by atoms with E-state index in [0.717, 1.165) is 24.3 Å². The highest BCUT2D eigenvalue weighted by Crippen LogP contribution is 2.27. The first-order valence-corrected chi connectivity index (χ1v) is 9.44. The molecule has 0 unspecified atom stereocenters. The first kappa shape index (κ1) is 20.4. The van der Waals surface area contributed by atoms with Crippen LogP contribution in [0.15, 0.2) is 42.5 Å². The van der Waals surface area contributed by atoms with E-state index in [1.807, 2.05) is 24.3 Å². The fraction of sp³-hybridized carbons (Fsp3) is 0.350. The van der Waals surface area contributed by atoms with Gasteiger partial charge in [-0.05, 0) is 43.2 Å². The maximum atomic E-state index is 12.1. The van der Waals surface area contributed by atoms with Gasteiger partial charge in [-0.25, -0.2) is 0 Å². The summed E-state index contributed by atoms with van der Waals surface area (Å²) in [6, 6.07) is 12.5. The van der Waals surface area contributed by atoms with E-state index in [0.29, 0.717) is 41.9 Å². The Morgan fingerprint density at radius 3 is 2.62 bits per heavy atom. The van der Waals surface area contributed by atoms with E-state index in [1.165, 1.54) is 0 Å². The zero-order chi connectivity index (χ0) is 18.8. The van der Waals surface area contributed by atoms with E-state index in [2.05, 4.69) is 12.2 Å². The third kappa shape index (κ3) is 7.14. The van der Waals surface area contributed by atoms with Crippen molar-refractivity contribution in [1.29, 1.82) is 0 Å². The Balaban J connectivity index is 1.72. The average molecular weight is 396 g/mol. The summed E-state index contributed by atoms with van der Waals surface area (Å²) in [4.78, 5) is 12.1. The molecule has 0 aliphatic heterocycles. The molecule has 0 heterocycles. The van der Waals surface area contributed by atoms with Gasteiger partial charge in [-0.3, -0.25) is 4.79 Å². The summed E-state index contributed by atoms with van der Waals surface area (Å²) in [6.45, 7) is 3.19. The monoisotopic (exact) mass is 395 g/mol. The minimum absolute atomic E-state index is 0.0680. The van der Waals surface area contributed by atoms with Crippen molar-refractivity contribution >= 4 is 34.8 Å². The predicted octanol–water partition coefficient (Wildman–Crippen LogP) is 5.97. The van der Waals surface area contributed by atoms with Crippen molar-refractivity contribution in [2.45, 2.75) is 32.6 Å². The Labute approximate surface area is 164 Å². The molecule has 6 heteroatoms. The molecule has 26 heavy (non-hydrogen) atoms. The molecule has 0 bridgehead atoms. The highest BCUT2D eigenvalue weighted by atomic mass is 35.5. The van der Waals surface area contributed by atoms with Gasteiger partial charge in [-0.2, -0.15) is 0 Å². The lowest BCUT2D eigenvalue weighted by molar-refractivity contribution is -0.116. The van der Waals surface area contributed by atoms with Crippen molar-refractivity contribution in [2.75, 3.05) is 18.5 Å². The minimum Gasteiger partial charge on any atom is -0.494 e. The van der Waals surface area contributed by atoms with E-state index in [1.54, 1.807) is 18.2 Å². The average Bonchev–Trinajstić information content (AvgIpc) is 2.61. The van der Waals surface area contributed by atoms with Crippen LogP contribution in [0.1, 0.15) is 32.6 Å². The molecule has 0 atom stereocenters. The molecule has 0 aliphatic rings. The van der Waals surface area contributed by atoms with E-state index in [-0.39, 0.29) is 5.91 Å². The van der Waals surface area contributed by atoms with Gasteiger partial charge < -0.3 is 14.8 Å². The third-order valence-corrected chi connectivity index (χ3v) is 4.11. The summed E-state index contributed by atoms with van der Waals surface area (Å²) in [5.74, 6) is 1.26. The second-order valence-electron chi connectivity index (χ2n) is 5.80. The first-order valence-electron chi connectivity index (χ1n) is 8.69. The van der Waals surface area contributed by atoms with Crippen LogP contribution in [0.4, 0.5) is 5.69 Å². The second kappa shape index (κ2) is 10.9. The molecule has 2 rings (SSSR count). The standard InChI is InChI=1S/C20H23Cl2NO3/c1-2-3-11-25-17-7-4-6-16(14-17)23-20(24)8-5-12-26-19-10-9-15(21)13-18(19)22/h4,6-7,9-10,13-14H,2-3,5,8,11-12H2,1H3,(H,23,24). The van der Waals surface area contributed by atoms with Crippen LogP contribution in [0.2, 0.25) is 10.0 Å². The Hall–Kier alpha value is -1.91. The van der Waals surface area contributed by atoms with E-state index < -0.39 is 0 Å². The van der Waals surface area contributed by atoms with Gasteiger partial charge >= 0.3 is 0 Å². The molecule has 0 radical (unpaired) electrons. The molecular weight excluding hydrogens is 373 g/mol. The molecular formula is C20H23Cl2NO3. The molecule has 0 saturated heterocycles. The van der Waals surface area contributed by atoms with Crippen molar-refractivity contribution in [3.8, 4) is 11.5 Å². The van der Waals surface area contributed by atoms with Crippen LogP contribution < -0.4 is 14.8 Å². The predicted molar refractivity (Wildman–Crippen MR) is 107 cm³/mol. The van der Waals surface area contributed by atoms with Gasteiger partial charge in [0, 0.05) is 23.2 Å². The molecule has 0 fully saturated rings. The van der Waals surface area contributed by atoms with Gasteiger partial charge in [-0.1, -0.05) is 42.6 Å². The number of hydrogen-bond acceptors (Lipinski definition) is 3. The number of nitrogens with one attached hydrogen (secondary N) is 1. The zero-order valence-corrected chi connectivity index (χ0v) is 16.3. The summed E-state index contributed by atoms with van der Waals surface area (Å²) in [5.41, 5.74) is 0.727. The number of benzene rings is 2. The zero-order valence-electron chi connectivity index (χ0n) is 14.8. The van der Waals surface area contributed by atoms with E-state index in [4.69, 9.17) is 32.7 Å². The summed E-state index contributed by atoms with van der Waals surface area (Å²) in [6.07, 6.45) is 3.03. The number of hydrogen-bond donors (Lipinski definition) is 1. The topological polar surface area (TPSA) is 47.6 Å². The lowest BCUT2D eigenvalue weighted by Crippen LogP contribution is -2.13. The maximum Gasteiger partial charge on any atom is 0.224 e. The summed E-state index contributed by atoms with van der Waals surface area (Å²) in [5, 5.41) is 3.89. The molecule has 0 aromatic heterocycles. The number of anilines is 1. The van der Waals surface area contributed by atoms with Gasteiger partial charge in [0.2, 0.25) is 5.91 Å². The van der Waals surface area contributed by atoms with Crippen LogP contribution >= 0.6 is 23.2 Å². The van der Waals surface area contributed by atoms with Crippen LogP contribution in [-0.2, 0) is 4.79 Å². The van der Waals surface area contributed by atoms with Crippen LogP contribution in [0.5, 0.6) is 11.5 Å². The minimum atomic E-state index is -0.0680. The summed E-state index contributed by atoms with van der Waals surface area (Å²) >= 11 is 11.9. The number of rotatable bonds is 10. The molecule has 4 nitrogen and oxygen atoms in total. The van der Waals surface area contributed by atoms with Crippen molar-refractivity contribution in [3.05, 3.63) is 52.5 Å². The SMILES string of the molecule is CCCCOc1cccc(NC(=O)CCCOc2ccc(Cl)cc2Cl)c1. The van der Waals surface area contributed by atoms with Crippen molar-refractivity contribution < 1.29 is 14.3 Å². The highest BCUT2D eigenvalue weighted by molar-refractivity contribution is 6.35. The van der Waals surface area contributed by atoms with Gasteiger partial charge in [0.25, 0.3) is 0 Å². The lowest BCUT2D eigenvalue weighted by Gasteiger charge is -2.10. The second-order valence-corrected chi connectivity index (χ2v) is 6.65. The molecule has 0 aliphatic carbocycles. The van der Waals surface area contributed by atoms with E-state index >= 15 is 0 Å². The number of carbonyl (C=O) groups is 1. The van der Waals surface area contributed by atoms with E-state index in [9.17, 15) is 4.79 Å². The van der Waals surface area contributed by atoms with Crippen molar-refractivity contribution in [3.63, 3.8) is 0 Å². The fourth-order valence-electron chi connectivity index (χ4n) is 2.23. The molecule has 0 spiro atoms. The smallest absolute Gasteiger partial charge is 0.224 e. The Bertz CT molecular complexity index is 722. The van der Waals surface area contributed by atoms with Crippen molar-refractivity contribution in [1.82, 2.24) is 0 Å². The molecule has 2 aromatic carbocycles. The van der Waals surface area contributed by atoms with Crippen LogP contribution in [0.25, 0.3) is 0 Å². The number of halogens is 2. The lowest BCUT2D eigenvalue weighted by atomic mass is 10.2. The Morgan fingerprint density at radius 2 is 1.85 bits per heavy atom. The van der Waals surface area contributed by atoms with Crippen molar-refractivity contribution in [2.24, 2.45) is 0 Å². The molecule has 140 valence electrons. The summed E-state index contributed by atoms with van der Waals surface area (Å²) < 4.78 is 11.2. The van der Waals surface area contributed by atoms with Crippen LogP contribution in [-0.4, -0.2) is 19.1 Å². The molecule has 1 N–H and O–H groups in total. The molecule has 2 aromatic rings. The van der Waals surface area contributed by atoms with Gasteiger partial charge in [-0.15, -0.1) is 0 Å². The fourth-order valence-corrected chi connectivity index (χ4v) is 2.69. The normalized spacial score (nSPS) is 10.4.